The van der Waals surface area contributed by atoms with Crippen molar-refractivity contribution in [1.82, 2.24) is 0 Å². The molecule has 2 aliphatic rings. The van der Waals surface area contributed by atoms with Crippen molar-refractivity contribution >= 4 is 15.7 Å². The number of rotatable bonds is 2. The second-order valence-corrected chi connectivity index (χ2v) is 10.3. The van der Waals surface area contributed by atoms with Gasteiger partial charge in [0, 0.05) is 11.8 Å². The number of hydrogen-bond donors (Lipinski definition) is 0. The van der Waals surface area contributed by atoms with Gasteiger partial charge in [0.05, 0.1) is 22.1 Å². The molecule has 3 atom stereocenters. The molecule has 1 spiro atoms. The molecule has 3 unspecified atom stereocenters. The Balaban J connectivity index is 1.83. The Labute approximate surface area is 186 Å². The molecule has 0 N–H and O–H groups in total. The second-order valence-electron chi connectivity index (χ2n) is 8.47. The van der Waals surface area contributed by atoms with Crippen molar-refractivity contribution in [3.63, 3.8) is 0 Å². The van der Waals surface area contributed by atoms with Crippen LogP contribution in [0.1, 0.15) is 43.2 Å². The fourth-order valence-corrected chi connectivity index (χ4v) is 6.72. The Hall–Kier alpha value is -2.30. The van der Waals surface area contributed by atoms with Gasteiger partial charge in [0.15, 0.2) is 6.30 Å². The maximum absolute atomic E-state index is 15.6. The van der Waals surface area contributed by atoms with Crippen LogP contribution in [0.3, 0.4) is 0 Å². The van der Waals surface area contributed by atoms with Gasteiger partial charge in [0.25, 0.3) is 10.0 Å². The highest BCUT2D eigenvalue weighted by Crippen LogP contribution is 2.58. The summed E-state index contributed by atoms with van der Waals surface area (Å²) in [6.07, 6.45) is -11.6. The van der Waals surface area contributed by atoms with Crippen molar-refractivity contribution in [2.45, 2.75) is 61.1 Å². The molecule has 0 amide bonds. The average Bonchev–Trinajstić information content (AvgIpc) is 2.72. The lowest BCUT2D eigenvalue weighted by molar-refractivity contribution is -0.205. The Kier molecular flexibility index (Phi) is 5.70. The number of sulfonamides is 1. The summed E-state index contributed by atoms with van der Waals surface area (Å²) in [6, 6.07) is 8.08. The van der Waals surface area contributed by atoms with Crippen LogP contribution in [0.5, 0.6) is 0 Å². The average molecular weight is 495 g/mol. The van der Waals surface area contributed by atoms with E-state index in [-0.39, 0.29) is 24.1 Å². The van der Waals surface area contributed by atoms with Gasteiger partial charge >= 0.3 is 12.4 Å². The highest BCUT2D eigenvalue weighted by atomic mass is 32.2. The van der Waals surface area contributed by atoms with Crippen molar-refractivity contribution in [2.24, 2.45) is 5.92 Å². The molecule has 0 aromatic heterocycles. The minimum absolute atomic E-state index is 0.0583. The Bertz CT molecular complexity index is 1130. The first-order valence-corrected chi connectivity index (χ1v) is 11.7. The standard InChI is InChI=1S/C22H20F7NO2S/c23-19-13-20(12-4-3-7-18(20)22(27,28)29)16-5-1-2-6-17(16)30(19)33(31,32)15-10-8-14(9-11-15)21(24,25)26/h1-2,5-6,8-11,18-19H,3-4,7,12-13H2. The zero-order chi connectivity index (χ0) is 24.2. The highest BCUT2D eigenvalue weighted by Gasteiger charge is 2.59. The van der Waals surface area contributed by atoms with Gasteiger partial charge in [0.2, 0.25) is 0 Å². The molecule has 180 valence electrons. The van der Waals surface area contributed by atoms with Crippen LogP contribution in [-0.4, -0.2) is 20.9 Å². The lowest BCUT2D eigenvalue weighted by atomic mass is 9.59. The third-order valence-electron chi connectivity index (χ3n) is 6.63. The number of alkyl halides is 7. The maximum atomic E-state index is 15.6. The lowest BCUT2D eigenvalue weighted by Crippen LogP contribution is -2.54. The van der Waals surface area contributed by atoms with Gasteiger partial charge in [0.1, 0.15) is 0 Å². The monoisotopic (exact) mass is 495 g/mol. The molecule has 3 nitrogen and oxygen atoms in total. The van der Waals surface area contributed by atoms with Gasteiger partial charge in [-0.15, -0.1) is 0 Å². The SMILES string of the molecule is O=S(=O)(c1ccc(C(F)(F)F)cc1)N1c2ccccc2C2(CCCCC2C(F)(F)F)CC1F. The molecule has 1 aliphatic carbocycles. The van der Waals surface area contributed by atoms with Crippen molar-refractivity contribution in [2.75, 3.05) is 4.31 Å². The normalized spacial score (nSPS) is 26.3. The van der Waals surface area contributed by atoms with Gasteiger partial charge in [-0.2, -0.15) is 26.3 Å². The third kappa shape index (κ3) is 3.98. The van der Waals surface area contributed by atoms with Gasteiger partial charge < -0.3 is 0 Å². The molecule has 2 aromatic rings. The lowest BCUT2D eigenvalue weighted by Gasteiger charge is -2.51. The molecule has 1 heterocycles. The number of halogens is 7. The van der Waals surface area contributed by atoms with E-state index >= 15 is 4.39 Å². The molecule has 11 heteroatoms. The van der Waals surface area contributed by atoms with Crippen molar-refractivity contribution < 1.29 is 39.2 Å². The van der Waals surface area contributed by atoms with Crippen LogP contribution in [0.15, 0.2) is 53.4 Å². The first kappa shape index (κ1) is 23.8. The number of nitrogens with zero attached hydrogens (tertiary/aromatic N) is 1. The zero-order valence-corrected chi connectivity index (χ0v) is 17.9. The zero-order valence-electron chi connectivity index (χ0n) is 17.1. The molecule has 2 aromatic carbocycles. The van der Waals surface area contributed by atoms with Crippen LogP contribution in [0.4, 0.5) is 36.4 Å². The Morgan fingerprint density at radius 1 is 0.909 bits per heavy atom. The number of hydrogen-bond acceptors (Lipinski definition) is 2. The van der Waals surface area contributed by atoms with Crippen LogP contribution in [-0.2, 0) is 21.6 Å². The van der Waals surface area contributed by atoms with E-state index in [1.54, 1.807) is 0 Å². The number of anilines is 1. The summed E-state index contributed by atoms with van der Waals surface area (Å²) in [7, 11) is -4.69. The third-order valence-corrected chi connectivity index (χ3v) is 8.44. The summed E-state index contributed by atoms with van der Waals surface area (Å²) in [5, 5.41) is 0. The van der Waals surface area contributed by atoms with Gasteiger partial charge in [-0.3, -0.25) is 0 Å². The predicted octanol–water partition coefficient (Wildman–Crippen LogP) is 6.59. The van der Waals surface area contributed by atoms with Crippen LogP contribution < -0.4 is 4.31 Å². The van der Waals surface area contributed by atoms with Crippen molar-refractivity contribution in [1.29, 1.82) is 0 Å². The predicted molar refractivity (Wildman–Crippen MR) is 107 cm³/mol. The Morgan fingerprint density at radius 2 is 1.55 bits per heavy atom. The molecular formula is C22H20F7NO2S. The summed E-state index contributed by atoms with van der Waals surface area (Å²) < 4.78 is 123. The fraction of sp³-hybridized carbons (Fsp3) is 0.455. The van der Waals surface area contributed by atoms with Crippen LogP contribution in [0, 0.1) is 5.92 Å². The molecule has 0 radical (unpaired) electrons. The summed E-state index contributed by atoms with van der Waals surface area (Å²) in [6.45, 7) is 0. The molecule has 4 rings (SSSR count). The van der Waals surface area contributed by atoms with E-state index in [1.807, 2.05) is 0 Å². The van der Waals surface area contributed by atoms with E-state index in [2.05, 4.69) is 0 Å². The highest BCUT2D eigenvalue weighted by molar-refractivity contribution is 7.92. The molecule has 0 bridgehead atoms. The summed E-state index contributed by atoms with van der Waals surface area (Å²) in [5.74, 6) is -1.82. The van der Waals surface area contributed by atoms with Gasteiger partial charge in [-0.25, -0.2) is 17.1 Å². The number of para-hydroxylation sites is 1. The summed E-state index contributed by atoms with van der Waals surface area (Å²) in [4.78, 5) is -0.583. The maximum Gasteiger partial charge on any atom is 0.416 e. The molecule has 33 heavy (non-hydrogen) atoms. The fourth-order valence-electron chi connectivity index (χ4n) is 5.22. The van der Waals surface area contributed by atoms with Crippen molar-refractivity contribution in [3.8, 4) is 0 Å². The first-order valence-electron chi connectivity index (χ1n) is 10.3. The molecule has 1 saturated carbocycles. The molecule has 0 saturated heterocycles. The molecular weight excluding hydrogens is 475 g/mol. The first-order chi connectivity index (χ1) is 15.3. The van der Waals surface area contributed by atoms with Crippen LogP contribution in [0.2, 0.25) is 0 Å². The van der Waals surface area contributed by atoms with E-state index in [9.17, 15) is 34.8 Å². The number of fused-ring (bicyclic) bond motifs is 2. The van der Waals surface area contributed by atoms with E-state index in [1.165, 1.54) is 24.3 Å². The topological polar surface area (TPSA) is 37.4 Å². The quantitative estimate of drug-likeness (QED) is 0.348. The van der Waals surface area contributed by atoms with Crippen LogP contribution in [0.25, 0.3) is 0 Å². The van der Waals surface area contributed by atoms with E-state index < -0.39 is 56.9 Å². The summed E-state index contributed by atoms with van der Waals surface area (Å²) >= 11 is 0. The van der Waals surface area contributed by atoms with Crippen LogP contribution >= 0.6 is 0 Å². The number of benzene rings is 2. The molecule has 1 aliphatic heterocycles. The van der Waals surface area contributed by atoms with Gasteiger partial charge in [-0.05, 0) is 48.7 Å². The van der Waals surface area contributed by atoms with E-state index in [0.717, 1.165) is 12.1 Å². The van der Waals surface area contributed by atoms with Gasteiger partial charge in [-0.1, -0.05) is 31.0 Å². The van der Waals surface area contributed by atoms with E-state index in [4.69, 9.17) is 0 Å². The minimum atomic E-state index is -4.69. The Morgan fingerprint density at radius 3 is 2.15 bits per heavy atom. The smallest absolute Gasteiger partial charge is 0.234 e. The summed E-state index contributed by atoms with van der Waals surface area (Å²) in [5.41, 5.74) is -2.81. The minimum Gasteiger partial charge on any atom is -0.234 e. The molecule has 1 fully saturated rings. The van der Waals surface area contributed by atoms with E-state index in [0.29, 0.717) is 29.3 Å². The second kappa shape index (κ2) is 7.89. The van der Waals surface area contributed by atoms with Crippen molar-refractivity contribution in [3.05, 3.63) is 59.7 Å². The largest absolute Gasteiger partial charge is 0.416 e.